The molecular formula is C16H23BrF3N. The summed E-state index contributed by atoms with van der Waals surface area (Å²) in [5.74, 6) is 0.295. The van der Waals surface area contributed by atoms with Crippen LogP contribution in [-0.2, 0) is 6.18 Å². The van der Waals surface area contributed by atoms with Crippen LogP contribution in [0.2, 0.25) is 0 Å². The van der Waals surface area contributed by atoms with E-state index in [9.17, 15) is 13.2 Å². The van der Waals surface area contributed by atoms with Gasteiger partial charge < -0.3 is 5.32 Å². The first kappa shape index (κ1) is 18.5. The first-order chi connectivity index (χ1) is 9.81. The topological polar surface area (TPSA) is 12.0 Å². The van der Waals surface area contributed by atoms with E-state index >= 15 is 0 Å². The molecule has 0 aromatic heterocycles. The molecule has 0 spiro atoms. The molecule has 1 rings (SSSR count). The van der Waals surface area contributed by atoms with Crippen LogP contribution < -0.4 is 5.32 Å². The summed E-state index contributed by atoms with van der Waals surface area (Å²) in [6, 6.07) is 4.50. The number of benzene rings is 1. The van der Waals surface area contributed by atoms with Crippen molar-refractivity contribution in [2.24, 2.45) is 5.92 Å². The van der Waals surface area contributed by atoms with Crippen LogP contribution in [0.1, 0.15) is 57.2 Å². The number of hydrogen-bond donors (Lipinski definition) is 1. The molecular weight excluding hydrogens is 343 g/mol. The van der Waals surface area contributed by atoms with Gasteiger partial charge in [0, 0.05) is 10.5 Å². The van der Waals surface area contributed by atoms with Gasteiger partial charge >= 0.3 is 6.18 Å². The normalized spacial score (nSPS) is 15.0. The third-order valence-corrected chi connectivity index (χ3v) is 4.27. The minimum Gasteiger partial charge on any atom is -0.310 e. The second-order valence-electron chi connectivity index (χ2n) is 5.43. The molecule has 2 atom stereocenters. The van der Waals surface area contributed by atoms with E-state index in [2.05, 4.69) is 42.0 Å². The summed E-state index contributed by atoms with van der Waals surface area (Å²) in [6.07, 6.45) is -1.37. The SMILES string of the molecule is CCCNC(c1ccc(Br)c(C(F)(F)F)c1)C(C)CCC. The Morgan fingerprint density at radius 1 is 1.19 bits per heavy atom. The summed E-state index contributed by atoms with van der Waals surface area (Å²) in [4.78, 5) is 0. The zero-order chi connectivity index (χ0) is 16.0. The van der Waals surface area contributed by atoms with Crippen LogP contribution in [-0.4, -0.2) is 6.54 Å². The molecule has 0 aliphatic carbocycles. The number of nitrogens with one attached hydrogen (secondary N) is 1. The van der Waals surface area contributed by atoms with Crippen LogP contribution in [0, 0.1) is 5.92 Å². The highest BCUT2D eigenvalue weighted by molar-refractivity contribution is 9.10. The van der Waals surface area contributed by atoms with Crippen molar-refractivity contribution in [3.8, 4) is 0 Å². The van der Waals surface area contributed by atoms with Gasteiger partial charge in [-0.15, -0.1) is 0 Å². The quantitative estimate of drug-likeness (QED) is 0.629. The van der Waals surface area contributed by atoms with Gasteiger partial charge in [0.2, 0.25) is 0 Å². The van der Waals surface area contributed by atoms with Gasteiger partial charge in [-0.2, -0.15) is 13.2 Å². The van der Waals surface area contributed by atoms with E-state index in [1.807, 2.05) is 0 Å². The smallest absolute Gasteiger partial charge is 0.310 e. The van der Waals surface area contributed by atoms with E-state index in [0.29, 0.717) is 11.5 Å². The van der Waals surface area contributed by atoms with Crippen molar-refractivity contribution in [1.29, 1.82) is 0 Å². The summed E-state index contributed by atoms with van der Waals surface area (Å²) < 4.78 is 39.2. The van der Waals surface area contributed by atoms with Gasteiger partial charge in [-0.05, 0) is 43.0 Å². The van der Waals surface area contributed by atoms with E-state index in [4.69, 9.17) is 0 Å². The molecule has 1 nitrogen and oxygen atoms in total. The van der Waals surface area contributed by atoms with Crippen molar-refractivity contribution in [3.05, 3.63) is 33.8 Å². The molecule has 0 amide bonds. The van der Waals surface area contributed by atoms with Gasteiger partial charge in [0.1, 0.15) is 0 Å². The molecule has 0 aliphatic heterocycles. The van der Waals surface area contributed by atoms with Crippen LogP contribution >= 0.6 is 15.9 Å². The Balaban J connectivity index is 3.12. The minimum atomic E-state index is -4.34. The predicted octanol–water partition coefficient (Wildman–Crippen LogP) is 5.94. The third-order valence-electron chi connectivity index (χ3n) is 3.58. The third kappa shape index (κ3) is 5.29. The van der Waals surface area contributed by atoms with E-state index in [1.165, 1.54) is 12.1 Å². The molecule has 0 bridgehead atoms. The molecule has 0 saturated heterocycles. The lowest BCUT2D eigenvalue weighted by atomic mass is 9.90. The minimum absolute atomic E-state index is 0.0425. The van der Waals surface area contributed by atoms with Crippen molar-refractivity contribution < 1.29 is 13.2 Å². The van der Waals surface area contributed by atoms with Crippen molar-refractivity contribution in [1.82, 2.24) is 5.32 Å². The molecule has 120 valence electrons. The molecule has 21 heavy (non-hydrogen) atoms. The average Bonchev–Trinajstić information content (AvgIpc) is 2.39. The standard InChI is InChI=1S/C16H23BrF3N/c1-4-6-11(3)15(21-9-5-2)12-7-8-14(17)13(10-12)16(18,19)20/h7-8,10-11,15,21H,4-6,9H2,1-3H3. The second-order valence-corrected chi connectivity index (χ2v) is 6.29. The van der Waals surface area contributed by atoms with Crippen molar-refractivity contribution >= 4 is 15.9 Å². The van der Waals surface area contributed by atoms with Gasteiger partial charge in [0.25, 0.3) is 0 Å². The van der Waals surface area contributed by atoms with Gasteiger partial charge in [-0.3, -0.25) is 0 Å². The van der Waals surface area contributed by atoms with Crippen LogP contribution in [0.3, 0.4) is 0 Å². The largest absolute Gasteiger partial charge is 0.417 e. The molecule has 1 aromatic rings. The predicted molar refractivity (Wildman–Crippen MR) is 84.3 cm³/mol. The van der Waals surface area contributed by atoms with Gasteiger partial charge in [0.05, 0.1) is 5.56 Å². The zero-order valence-electron chi connectivity index (χ0n) is 12.7. The molecule has 1 N–H and O–H groups in total. The second kappa shape index (κ2) is 8.18. The Hall–Kier alpha value is -0.550. The lowest BCUT2D eigenvalue weighted by molar-refractivity contribution is -0.138. The maximum absolute atomic E-state index is 13.0. The highest BCUT2D eigenvalue weighted by atomic mass is 79.9. The highest BCUT2D eigenvalue weighted by Crippen LogP contribution is 2.37. The van der Waals surface area contributed by atoms with Gasteiger partial charge in [-0.25, -0.2) is 0 Å². The van der Waals surface area contributed by atoms with Gasteiger partial charge in [0.15, 0.2) is 0 Å². The fourth-order valence-corrected chi connectivity index (χ4v) is 2.99. The maximum atomic E-state index is 13.0. The molecule has 0 aliphatic rings. The fourth-order valence-electron chi connectivity index (χ4n) is 2.52. The Kier molecular flexibility index (Phi) is 7.21. The monoisotopic (exact) mass is 365 g/mol. The molecule has 1 aromatic carbocycles. The molecule has 0 radical (unpaired) electrons. The lowest BCUT2D eigenvalue weighted by Gasteiger charge is -2.26. The van der Waals surface area contributed by atoms with Crippen LogP contribution in [0.25, 0.3) is 0 Å². The average molecular weight is 366 g/mol. The van der Waals surface area contributed by atoms with E-state index in [-0.39, 0.29) is 10.5 Å². The van der Waals surface area contributed by atoms with E-state index in [1.54, 1.807) is 6.07 Å². The van der Waals surface area contributed by atoms with E-state index in [0.717, 1.165) is 25.8 Å². The highest BCUT2D eigenvalue weighted by Gasteiger charge is 2.34. The van der Waals surface area contributed by atoms with Crippen LogP contribution in [0.5, 0.6) is 0 Å². The fraction of sp³-hybridized carbons (Fsp3) is 0.625. The summed E-state index contributed by atoms with van der Waals surface area (Å²) in [5, 5.41) is 3.39. The number of hydrogen-bond acceptors (Lipinski definition) is 1. The molecule has 0 fully saturated rings. The summed E-state index contributed by atoms with van der Waals surface area (Å²) in [7, 11) is 0. The first-order valence-corrected chi connectivity index (χ1v) is 8.20. The maximum Gasteiger partial charge on any atom is 0.417 e. The van der Waals surface area contributed by atoms with Crippen LogP contribution in [0.4, 0.5) is 13.2 Å². The summed E-state index contributed by atoms with van der Waals surface area (Å²) in [6.45, 7) is 7.04. The number of alkyl halides is 3. The Bertz CT molecular complexity index is 446. The molecule has 2 unspecified atom stereocenters. The zero-order valence-corrected chi connectivity index (χ0v) is 14.3. The Morgan fingerprint density at radius 3 is 2.38 bits per heavy atom. The Morgan fingerprint density at radius 2 is 1.86 bits per heavy atom. The molecule has 0 heterocycles. The van der Waals surface area contributed by atoms with E-state index < -0.39 is 11.7 Å². The lowest BCUT2D eigenvalue weighted by Crippen LogP contribution is -2.28. The summed E-state index contributed by atoms with van der Waals surface area (Å²) >= 11 is 3.00. The van der Waals surface area contributed by atoms with Crippen molar-refractivity contribution in [3.63, 3.8) is 0 Å². The molecule has 0 saturated carbocycles. The van der Waals surface area contributed by atoms with Crippen molar-refractivity contribution in [2.75, 3.05) is 6.54 Å². The van der Waals surface area contributed by atoms with Crippen LogP contribution in [0.15, 0.2) is 22.7 Å². The van der Waals surface area contributed by atoms with Crippen molar-refractivity contribution in [2.45, 2.75) is 52.3 Å². The summed E-state index contributed by atoms with van der Waals surface area (Å²) in [5.41, 5.74) is 0.104. The molecule has 5 heteroatoms. The van der Waals surface area contributed by atoms with Gasteiger partial charge in [-0.1, -0.05) is 49.2 Å². The number of rotatable bonds is 7. The Labute approximate surface area is 133 Å². The number of halogens is 4. The first-order valence-electron chi connectivity index (χ1n) is 7.41.